The maximum absolute atomic E-state index is 12.6. The first-order chi connectivity index (χ1) is 8.15. The highest BCUT2D eigenvalue weighted by Crippen LogP contribution is 2.15. The summed E-state index contributed by atoms with van der Waals surface area (Å²) in [5.74, 6) is 0.0800. The number of hydrogen-bond acceptors (Lipinski definition) is 2. The second kappa shape index (κ2) is 4.95. The molecule has 0 aliphatic carbocycles. The monoisotopic (exact) mass is 231 g/mol. The fourth-order valence-electron chi connectivity index (χ4n) is 1.56. The first kappa shape index (κ1) is 11.6. The molecule has 2 rings (SSSR count). The van der Waals surface area contributed by atoms with Crippen molar-refractivity contribution in [1.82, 2.24) is 4.98 Å². The molecule has 0 saturated carbocycles. The Morgan fingerprint density at radius 2 is 2.00 bits per heavy atom. The Bertz CT molecular complexity index is 508. The predicted molar refractivity (Wildman–Crippen MR) is 64.4 cm³/mol. The predicted octanol–water partition coefficient (Wildman–Crippen LogP) is 3.42. The molecule has 1 aromatic heterocycles. The number of hydrogen-bond donors (Lipinski definition) is 0. The van der Waals surface area contributed by atoms with E-state index in [1.807, 2.05) is 13.8 Å². The highest BCUT2D eigenvalue weighted by Gasteiger charge is 2.01. The average molecular weight is 231 g/mol. The lowest BCUT2D eigenvalue weighted by atomic mass is 10.1. The molecule has 0 aliphatic heterocycles. The van der Waals surface area contributed by atoms with Gasteiger partial charge in [0.1, 0.15) is 12.4 Å². The molecule has 88 valence electrons. The number of benzene rings is 1. The van der Waals surface area contributed by atoms with Crippen LogP contribution in [0.2, 0.25) is 0 Å². The minimum absolute atomic E-state index is 0.473. The molecule has 0 fully saturated rings. The van der Waals surface area contributed by atoms with Crippen molar-refractivity contribution in [2.24, 2.45) is 0 Å². The van der Waals surface area contributed by atoms with E-state index in [4.69, 9.17) is 4.74 Å². The van der Waals surface area contributed by atoms with Gasteiger partial charge in [-0.05, 0) is 37.1 Å². The van der Waals surface area contributed by atoms with Crippen molar-refractivity contribution in [3.8, 4) is 5.75 Å². The van der Waals surface area contributed by atoms with Crippen molar-refractivity contribution in [2.45, 2.75) is 20.5 Å². The van der Waals surface area contributed by atoms with E-state index in [2.05, 4.69) is 23.2 Å². The number of aromatic nitrogens is 1. The third kappa shape index (κ3) is 3.03. The standard InChI is InChI=1S/C14H14FNO/c1-10-3-4-11(2)12(7-10)9-17-13-5-6-14(15)16-8-13/h3-8H,9H2,1-2H3. The Kier molecular flexibility index (Phi) is 3.38. The average Bonchev–Trinajstić information content (AvgIpc) is 2.32. The third-order valence-corrected chi connectivity index (χ3v) is 2.60. The molecule has 0 atom stereocenters. The lowest BCUT2D eigenvalue weighted by Crippen LogP contribution is -1.99. The summed E-state index contributed by atoms with van der Waals surface area (Å²) in [6.45, 7) is 4.56. The molecular weight excluding hydrogens is 217 g/mol. The first-order valence-electron chi connectivity index (χ1n) is 5.45. The molecular formula is C14H14FNO. The van der Waals surface area contributed by atoms with Gasteiger partial charge in [0.15, 0.2) is 0 Å². The molecule has 0 N–H and O–H groups in total. The fourth-order valence-corrected chi connectivity index (χ4v) is 1.56. The van der Waals surface area contributed by atoms with Crippen LogP contribution in [0.15, 0.2) is 36.5 Å². The summed E-state index contributed by atoms with van der Waals surface area (Å²) in [7, 11) is 0. The summed E-state index contributed by atoms with van der Waals surface area (Å²) >= 11 is 0. The van der Waals surface area contributed by atoms with Crippen LogP contribution < -0.4 is 4.74 Å². The SMILES string of the molecule is Cc1ccc(C)c(COc2ccc(F)nc2)c1. The van der Waals surface area contributed by atoms with E-state index in [1.54, 1.807) is 6.07 Å². The number of ether oxygens (including phenoxy) is 1. The summed E-state index contributed by atoms with van der Waals surface area (Å²) in [4.78, 5) is 3.54. The summed E-state index contributed by atoms with van der Waals surface area (Å²) in [6.07, 6.45) is 1.39. The molecule has 1 heterocycles. The summed E-state index contributed by atoms with van der Waals surface area (Å²) in [5, 5.41) is 0. The molecule has 17 heavy (non-hydrogen) atoms. The summed E-state index contributed by atoms with van der Waals surface area (Å²) in [6, 6.07) is 9.09. The van der Waals surface area contributed by atoms with Crippen molar-refractivity contribution in [3.63, 3.8) is 0 Å². The van der Waals surface area contributed by atoms with Gasteiger partial charge >= 0.3 is 0 Å². The van der Waals surface area contributed by atoms with Gasteiger partial charge < -0.3 is 4.74 Å². The Balaban J connectivity index is 2.07. The van der Waals surface area contributed by atoms with Gasteiger partial charge in [-0.1, -0.05) is 23.8 Å². The van der Waals surface area contributed by atoms with Crippen LogP contribution in [0.25, 0.3) is 0 Å². The molecule has 2 aromatic rings. The van der Waals surface area contributed by atoms with Crippen molar-refractivity contribution in [1.29, 1.82) is 0 Å². The summed E-state index contributed by atoms with van der Waals surface area (Å²) < 4.78 is 18.2. The number of nitrogens with zero attached hydrogens (tertiary/aromatic N) is 1. The Morgan fingerprint density at radius 1 is 1.18 bits per heavy atom. The van der Waals surface area contributed by atoms with Gasteiger partial charge in [0.2, 0.25) is 5.95 Å². The third-order valence-electron chi connectivity index (χ3n) is 2.60. The fraction of sp³-hybridized carbons (Fsp3) is 0.214. The van der Waals surface area contributed by atoms with Gasteiger partial charge in [0.25, 0.3) is 0 Å². The maximum Gasteiger partial charge on any atom is 0.213 e. The largest absolute Gasteiger partial charge is 0.487 e. The maximum atomic E-state index is 12.6. The van der Waals surface area contributed by atoms with Crippen LogP contribution in [0.5, 0.6) is 5.75 Å². The zero-order chi connectivity index (χ0) is 12.3. The van der Waals surface area contributed by atoms with Gasteiger partial charge in [-0.3, -0.25) is 0 Å². The zero-order valence-electron chi connectivity index (χ0n) is 9.90. The molecule has 0 radical (unpaired) electrons. The van der Waals surface area contributed by atoms with Crippen molar-refractivity contribution >= 4 is 0 Å². The van der Waals surface area contributed by atoms with Crippen molar-refractivity contribution < 1.29 is 9.13 Å². The van der Waals surface area contributed by atoms with Crippen LogP contribution in [-0.4, -0.2) is 4.98 Å². The van der Waals surface area contributed by atoms with Crippen molar-refractivity contribution in [3.05, 3.63) is 59.2 Å². The van der Waals surface area contributed by atoms with E-state index in [9.17, 15) is 4.39 Å². The Morgan fingerprint density at radius 3 is 2.71 bits per heavy atom. The molecule has 2 nitrogen and oxygen atoms in total. The molecule has 1 aromatic carbocycles. The number of halogens is 1. The molecule has 0 aliphatic rings. The quantitative estimate of drug-likeness (QED) is 0.755. The first-order valence-corrected chi connectivity index (χ1v) is 5.45. The zero-order valence-corrected chi connectivity index (χ0v) is 9.90. The van der Waals surface area contributed by atoms with Gasteiger partial charge in [0.05, 0.1) is 6.20 Å². The van der Waals surface area contributed by atoms with Crippen LogP contribution >= 0.6 is 0 Å². The minimum atomic E-state index is -0.496. The smallest absolute Gasteiger partial charge is 0.213 e. The van der Waals surface area contributed by atoms with E-state index in [1.165, 1.54) is 23.4 Å². The van der Waals surface area contributed by atoms with Crippen molar-refractivity contribution in [2.75, 3.05) is 0 Å². The molecule has 0 unspecified atom stereocenters. The number of aryl methyl sites for hydroxylation is 2. The van der Waals surface area contributed by atoms with Crippen LogP contribution in [0.1, 0.15) is 16.7 Å². The van der Waals surface area contributed by atoms with E-state index in [0.29, 0.717) is 12.4 Å². The molecule has 0 amide bonds. The second-order valence-electron chi connectivity index (χ2n) is 4.04. The highest BCUT2D eigenvalue weighted by molar-refractivity contribution is 5.30. The Labute approximate surface area is 100 Å². The summed E-state index contributed by atoms with van der Waals surface area (Å²) in [5.41, 5.74) is 3.52. The van der Waals surface area contributed by atoms with Crippen LogP contribution in [0.3, 0.4) is 0 Å². The number of pyridine rings is 1. The molecule has 0 saturated heterocycles. The van der Waals surface area contributed by atoms with E-state index in [-0.39, 0.29) is 0 Å². The number of rotatable bonds is 3. The van der Waals surface area contributed by atoms with E-state index in [0.717, 1.165) is 5.56 Å². The topological polar surface area (TPSA) is 22.1 Å². The van der Waals surface area contributed by atoms with Gasteiger partial charge in [0, 0.05) is 0 Å². The second-order valence-corrected chi connectivity index (χ2v) is 4.04. The Hall–Kier alpha value is -1.90. The van der Waals surface area contributed by atoms with Gasteiger partial charge in [-0.2, -0.15) is 4.39 Å². The highest BCUT2D eigenvalue weighted by atomic mass is 19.1. The minimum Gasteiger partial charge on any atom is -0.487 e. The molecule has 0 bridgehead atoms. The lowest BCUT2D eigenvalue weighted by Gasteiger charge is -2.09. The van der Waals surface area contributed by atoms with Crippen LogP contribution in [-0.2, 0) is 6.61 Å². The molecule has 3 heteroatoms. The van der Waals surface area contributed by atoms with E-state index >= 15 is 0 Å². The lowest BCUT2D eigenvalue weighted by molar-refractivity contribution is 0.303. The van der Waals surface area contributed by atoms with Crippen LogP contribution in [0.4, 0.5) is 4.39 Å². The molecule has 0 spiro atoms. The normalized spacial score (nSPS) is 10.3. The van der Waals surface area contributed by atoms with Gasteiger partial charge in [-0.15, -0.1) is 0 Å². The van der Waals surface area contributed by atoms with E-state index < -0.39 is 5.95 Å². The van der Waals surface area contributed by atoms with Gasteiger partial charge in [-0.25, -0.2) is 4.98 Å². The van der Waals surface area contributed by atoms with Crippen LogP contribution in [0, 0.1) is 19.8 Å².